The van der Waals surface area contributed by atoms with Gasteiger partial charge in [-0.1, -0.05) is 30.3 Å². The van der Waals surface area contributed by atoms with Crippen LogP contribution in [0.15, 0.2) is 36.4 Å². The molecule has 0 unspecified atom stereocenters. The minimum absolute atomic E-state index is 0.0230. The van der Waals surface area contributed by atoms with Crippen molar-refractivity contribution in [3.63, 3.8) is 0 Å². The smallest absolute Gasteiger partial charge is 0.216 e. The molecule has 0 bridgehead atoms. The molecule has 22 heavy (non-hydrogen) atoms. The van der Waals surface area contributed by atoms with Gasteiger partial charge in [0.2, 0.25) is 10.0 Å². The van der Waals surface area contributed by atoms with Crippen molar-refractivity contribution in [2.45, 2.75) is 45.0 Å². The van der Waals surface area contributed by atoms with E-state index in [-0.39, 0.29) is 5.75 Å². The molecule has 0 aliphatic heterocycles. The summed E-state index contributed by atoms with van der Waals surface area (Å²) < 4.78 is 29.5. The molecule has 3 rings (SSSR count). The molecule has 0 amide bonds. The van der Waals surface area contributed by atoms with E-state index in [2.05, 4.69) is 29.2 Å². The molecule has 5 heteroatoms. The number of nitrogens with one attached hydrogen (secondary N) is 1. The Kier molecular flexibility index (Phi) is 4.10. The van der Waals surface area contributed by atoms with E-state index in [1.807, 2.05) is 30.3 Å². The van der Waals surface area contributed by atoms with Crippen LogP contribution >= 0.6 is 0 Å². The van der Waals surface area contributed by atoms with Gasteiger partial charge in [-0.05, 0) is 43.9 Å². The number of rotatable bonds is 6. The summed E-state index contributed by atoms with van der Waals surface area (Å²) in [6, 6.07) is 12.0. The van der Waals surface area contributed by atoms with E-state index >= 15 is 0 Å². The monoisotopic (exact) mass is 318 g/mol. The van der Waals surface area contributed by atoms with Crippen LogP contribution in [0.1, 0.15) is 41.4 Å². The summed E-state index contributed by atoms with van der Waals surface area (Å²) >= 11 is 0. The van der Waals surface area contributed by atoms with Gasteiger partial charge >= 0.3 is 0 Å². The maximum Gasteiger partial charge on any atom is 0.216 e. The largest absolute Gasteiger partial charge is 0.346 e. The van der Waals surface area contributed by atoms with Gasteiger partial charge in [-0.15, -0.1) is 0 Å². The second kappa shape index (κ2) is 5.89. The fraction of sp³-hybridized carbons (Fsp3) is 0.412. The predicted molar refractivity (Wildman–Crippen MR) is 88.1 cm³/mol. The number of aryl methyl sites for hydroxylation is 1. The Morgan fingerprint density at radius 3 is 2.50 bits per heavy atom. The number of hydrogen-bond acceptors (Lipinski definition) is 2. The van der Waals surface area contributed by atoms with E-state index in [9.17, 15) is 8.42 Å². The third kappa shape index (κ3) is 3.42. The van der Waals surface area contributed by atoms with Crippen LogP contribution in [0, 0.1) is 13.8 Å². The number of nitrogens with zero attached hydrogens (tertiary/aromatic N) is 1. The zero-order chi connectivity index (χ0) is 15.7. The van der Waals surface area contributed by atoms with Crippen molar-refractivity contribution in [2.24, 2.45) is 0 Å². The molecule has 1 fully saturated rings. The van der Waals surface area contributed by atoms with Crippen LogP contribution in [0.25, 0.3) is 0 Å². The molecule has 2 aromatic rings. The molecular formula is C17H22N2O2S. The zero-order valence-electron chi connectivity index (χ0n) is 13.0. The van der Waals surface area contributed by atoms with Gasteiger partial charge in [-0.3, -0.25) is 0 Å². The standard InChI is InChI=1S/C17H22N2O2S/c1-13-10-16(14(2)19(13)17-8-9-17)11-18-22(20,21)12-15-6-4-3-5-7-15/h3-7,10,17-18H,8-9,11-12H2,1-2H3. The summed E-state index contributed by atoms with van der Waals surface area (Å²) in [4.78, 5) is 0. The first-order valence-corrected chi connectivity index (χ1v) is 9.30. The van der Waals surface area contributed by atoms with E-state index in [0.29, 0.717) is 12.6 Å². The Labute approximate surface area is 132 Å². The van der Waals surface area contributed by atoms with Crippen LogP contribution in [-0.4, -0.2) is 13.0 Å². The minimum Gasteiger partial charge on any atom is -0.346 e. The van der Waals surface area contributed by atoms with E-state index in [1.165, 1.54) is 24.2 Å². The normalized spacial score (nSPS) is 15.2. The molecule has 0 saturated heterocycles. The summed E-state index contributed by atoms with van der Waals surface area (Å²) in [5.41, 5.74) is 4.28. The number of hydrogen-bond donors (Lipinski definition) is 1. The highest BCUT2D eigenvalue weighted by atomic mass is 32.2. The number of sulfonamides is 1. The van der Waals surface area contributed by atoms with Crippen molar-refractivity contribution >= 4 is 10.0 Å². The highest BCUT2D eigenvalue weighted by Crippen LogP contribution is 2.38. The summed E-state index contributed by atoms with van der Waals surface area (Å²) in [5.74, 6) is 0.0230. The highest BCUT2D eigenvalue weighted by molar-refractivity contribution is 7.88. The van der Waals surface area contributed by atoms with Crippen LogP contribution in [0.3, 0.4) is 0 Å². The minimum atomic E-state index is -3.32. The van der Waals surface area contributed by atoms with Gasteiger partial charge in [0.05, 0.1) is 5.75 Å². The Morgan fingerprint density at radius 2 is 1.86 bits per heavy atom. The third-order valence-corrected chi connectivity index (χ3v) is 5.48. The van der Waals surface area contributed by atoms with Crippen LogP contribution in [0.2, 0.25) is 0 Å². The van der Waals surface area contributed by atoms with Crippen LogP contribution in [-0.2, 0) is 22.3 Å². The zero-order valence-corrected chi connectivity index (χ0v) is 13.9. The lowest BCUT2D eigenvalue weighted by atomic mass is 10.2. The molecular weight excluding hydrogens is 296 g/mol. The highest BCUT2D eigenvalue weighted by Gasteiger charge is 2.27. The van der Waals surface area contributed by atoms with Gasteiger partial charge in [-0.2, -0.15) is 0 Å². The third-order valence-electron chi connectivity index (χ3n) is 4.18. The fourth-order valence-corrected chi connectivity index (χ4v) is 4.06. The first-order chi connectivity index (χ1) is 10.5. The van der Waals surface area contributed by atoms with Gasteiger partial charge in [-0.25, -0.2) is 13.1 Å². The molecule has 1 aliphatic rings. The average Bonchev–Trinajstić information content (AvgIpc) is 3.24. The Morgan fingerprint density at radius 1 is 1.18 bits per heavy atom. The molecule has 0 radical (unpaired) electrons. The van der Waals surface area contributed by atoms with Crippen LogP contribution in [0.4, 0.5) is 0 Å². The molecule has 1 N–H and O–H groups in total. The topological polar surface area (TPSA) is 51.1 Å². The van der Waals surface area contributed by atoms with Crippen molar-refractivity contribution < 1.29 is 8.42 Å². The lowest BCUT2D eigenvalue weighted by molar-refractivity contribution is 0.580. The molecule has 1 aromatic carbocycles. The van der Waals surface area contributed by atoms with E-state index in [1.54, 1.807) is 0 Å². The van der Waals surface area contributed by atoms with Crippen molar-refractivity contribution in [3.8, 4) is 0 Å². The first kappa shape index (κ1) is 15.3. The van der Waals surface area contributed by atoms with Gasteiger partial charge in [0.1, 0.15) is 0 Å². The molecule has 1 heterocycles. The number of aromatic nitrogens is 1. The summed E-state index contributed by atoms with van der Waals surface area (Å²) in [6.07, 6.45) is 2.46. The predicted octanol–water partition coefficient (Wildman–Crippen LogP) is 3.06. The van der Waals surface area contributed by atoms with Gasteiger partial charge < -0.3 is 4.57 Å². The molecule has 1 aliphatic carbocycles. The first-order valence-electron chi connectivity index (χ1n) is 7.65. The maximum absolute atomic E-state index is 12.2. The van der Waals surface area contributed by atoms with Crippen molar-refractivity contribution in [1.29, 1.82) is 0 Å². The van der Waals surface area contributed by atoms with E-state index < -0.39 is 10.0 Å². The summed E-state index contributed by atoms with van der Waals surface area (Å²) in [7, 11) is -3.32. The lowest BCUT2D eigenvalue weighted by Gasteiger charge is -2.09. The van der Waals surface area contributed by atoms with Crippen LogP contribution < -0.4 is 4.72 Å². The summed E-state index contributed by atoms with van der Waals surface area (Å²) in [5, 5.41) is 0. The maximum atomic E-state index is 12.2. The van der Waals surface area contributed by atoms with E-state index in [0.717, 1.165) is 11.1 Å². The van der Waals surface area contributed by atoms with E-state index in [4.69, 9.17) is 0 Å². The molecule has 1 saturated carbocycles. The molecule has 0 spiro atoms. The van der Waals surface area contributed by atoms with Crippen molar-refractivity contribution in [2.75, 3.05) is 0 Å². The summed E-state index contributed by atoms with van der Waals surface area (Å²) in [6.45, 7) is 4.53. The van der Waals surface area contributed by atoms with Crippen LogP contribution in [0.5, 0.6) is 0 Å². The van der Waals surface area contributed by atoms with Gasteiger partial charge in [0, 0.05) is 24.0 Å². The Hall–Kier alpha value is -1.59. The fourth-order valence-electron chi connectivity index (χ4n) is 2.95. The Bertz CT molecular complexity index is 759. The van der Waals surface area contributed by atoms with Gasteiger partial charge in [0.15, 0.2) is 0 Å². The number of benzene rings is 1. The average molecular weight is 318 g/mol. The molecule has 1 aromatic heterocycles. The molecule has 4 nitrogen and oxygen atoms in total. The second-order valence-corrected chi connectivity index (χ2v) is 7.87. The molecule has 118 valence electrons. The SMILES string of the molecule is Cc1cc(CNS(=O)(=O)Cc2ccccc2)c(C)n1C1CC1. The van der Waals surface area contributed by atoms with Crippen molar-refractivity contribution in [1.82, 2.24) is 9.29 Å². The Balaban J connectivity index is 1.68. The van der Waals surface area contributed by atoms with Crippen molar-refractivity contribution in [3.05, 3.63) is 58.9 Å². The quantitative estimate of drug-likeness (QED) is 0.890. The lowest BCUT2D eigenvalue weighted by Crippen LogP contribution is -2.24. The second-order valence-electron chi connectivity index (χ2n) is 6.06. The van der Waals surface area contributed by atoms with Gasteiger partial charge in [0.25, 0.3) is 0 Å². The molecule has 0 atom stereocenters.